The summed E-state index contributed by atoms with van der Waals surface area (Å²) in [6.07, 6.45) is 3.58. The third-order valence-corrected chi connectivity index (χ3v) is 4.14. The van der Waals surface area contributed by atoms with Gasteiger partial charge in [-0.1, -0.05) is 42.5 Å². The number of carbonyl (C=O) groups is 1. The molecule has 4 aromatic rings. The van der Waals surface area contributed by atoms with Crippen molar-refractivity contribution in [1.82, 2.24) is 9.97 Å². The van der Waals surface area contributed by atoms with E-state index in [1.165, 1.54) is 0 Å². The number of pyridine rings is 1. The number of aromatic amines is 1. The highest BCUT2D eigenvalue weighted by molar-refractivity contribution is 6.08. The molecule has 0 bridgehead atoms. The van der Waals surface area contributed by atoms with E-state index in [-0.39, 0.29) is 0 Å². The number of nitrogens with two attached hydrogens (primary N) is 1. The number of benzene rings is 2. The molecule has 0 radical (unpaired) electrons. The molecule has 4 rings (SSSR count). The number of nitrogens with zero attached hydrogens (tertiary/aromatic N) is 1. The summed E-state index contributed by atoms with van der Waals surface area (Å²) in [5.74, 6) is -0.441. The molecule has 0 fully saturated rings. The fraction of sp³-hybridized carbons (Fsp3) is 0. The topological polar surface area (TPSA) is 71.8 Å². The van der Waals surface area contributed by atoms with Crippen molar-refractivity contribution in [2.24, 2.45) is 5.73 Å². The Kier molecular flexibility index (Phi) is 3.35. The minimum absolute atomic E-state index is 0.441. The first kappa shape index (κ1) is 14.2. The molecule has 0 atom stereocenters. The molecule has 0 spiro atoms. The largest absolute Gasteiger partial charge is 0.366 e. The van der Waals surface area contributed by atoms with Crippen LogP contribution in [0.4, 0.5) is 0 Å². The van der Waals surface area contributed by atoms with Gasteiger partial charge in [0, 0.05) is 28.9 Å². The monoisotopic (exact) mass is 313 g/mol. The highest BCUT2D eigenvalue weighted by Crippen LogP contribution is 2.37. The predicted molar refractivity (Wildman–Crippen MR) is 95.5 cm³/mol. The Labute approximate surface area is 139 Å². The summed E-state index contributed by atoms with van der Waals surface area (Å²) in [5, 5.41) is 0.961. The number of aromatic nitrogens is 2. The summed E-state index contributed by atoms with van der Waals surface area (Å²) in [4.78, 5) is 19.5. The van der Waals surface area contributed by atoms with Gasteiger partial charge < -0.3 is 10.7 Å². The maximum absolute atomic E-state index is 12.1. The van der Waals surface area contributed by atoms with Crippen LogP contribution >= 0.6 is 0 Å². The zero-order valence-corrected chi connectivity index (χ0v) is 12.9. The van der Waals surface area contributed by atoms with Crippen molar-refractivity contribution < 1.29 is 4.79 Å². The molecule has 2 aromatic carbocycles. The number of carbonyl (C=O) groups excluding carboxylic acids is 1. The van der Waals surface area contributed by atoms with Crippen LogP contribution in [0.2, 0.25) is 0 Å². The summed E-state index contributed by atoms with van der Waals surface area (Å²) in [6.45, 7) is 0. The van der Waals surface area contributed by atoms with Gasteiger partial charge in [0.05, 0.1) is 0 Å². The standard InChI is InChI=1S/C20H15N3O/c21-19(24)17-8-4-7-14(13-5-2-1-3-6-13)18(17)15-9-11-22-20-16(15)10-12-23-20/h1-12H,(H2,21,24)(H,22,23). The van der Waals surface area contributed by atoms with Crippen LogP contribution < -0.4 is 5.73 Å². The molecule has 0 aliphatic rings. The molecular formula is C20H15N3O. The zero-order valence-electron chi connectivity index (χ0n) is 12.9. The number of fused-ring (bicyclic) bond motifs is 1. The van der Waals surface area contributed by atoms with Crippen LogP contribution in [0.3, 0.4) is 0 Å². The smallest absolute Gasteiger partial charge is 0.249 e. The van der Waals surface area contributed by atoms with Crippen LogP contribution in [0.1, 0.15) is 10.4 Å². The van der Waals surface area contributed by atoms with Crippen molar-refractivity contribution in [2.75, 3.05) is 0 Å². The van der Waals surface area contributed by atoms with Crippen LogP contribution in [0.5, 0.6) is 0 Å². The van der Waals surface area contributed by atoms with Crippen molar-refractivity contribution >= 4 is 16.9 Å². The maximum Gasteiger partial charge on any atom is 0.249 e. The molecule has 4 heteroatoms. The molecule has 0 saturated heterocycles. The first-order chi connectivity index (χ1) is 11.8. The lowest BCUT2D eigenvalue weighted by Crippen LogP contribution is -2.13. The number of hydrogen-bond donors (Lipinski definition) is 2. The van der Waals surface area contributed by atoms with Crippen molar-refractivity contribution in [3.63, 3.8) is 0 Å². The number of amides is 1. The van der Waals surface area contributed by atoms with Gasteiger partial charge in [-0.2, -0.15) is 0 Å². The lowest BCUT2D eigenvalue weighted by Gasteiger charge is -2.14. The Bertz CT molecular complexity index is 1040. The Hall–Kier alpha value is -3.40. The van der Waals surface area contributed by atoms with E-state index in [1.54, 1.807) is 12.3 Å². The van der Waals surface area contributed by atoms with E-state index >= 15 is 0 Å². The average molecular weight is 313 g/mol. The van der Waals surface area contributed by atoms with Crippen LogP contribution in [-0.2, 0) is 0 Å². The fourth-order valence-electron chi connectivity index (χ4n) is 3.08. The molecule has 0 aliphatic heterocycles. The van der Waals surface area contributed by atoms with E-state index in [0.717, 1.165) is 33.3 Å². The third kappa shape index (κ3) is 2.25. The number of nitrogens with one attached hydrogen (secondary N) is 1. The molecule has 116 valence electrons. The highest BCUT2D eigenvalue weighted by atomic mass is 16.1. The van der Waals surface area contributed by atoms with Gasteiger partial charge in [0.1, 0.15) is 5.65 Å². The summed E-state index contributed by atoms with van der Waals surface area (Å²) < 4.78 is 0. The van der Waals surface area contributed by atoms with E-state index in [4.69, 9.17) is 5.73 Å². The predicted octanol–water partition coefficient (Wildman–Crippen LogP) is 4.00. The van der Waals surface area contributed by atoms with Crippen LogP contribution in [-0.4, -0.2) is 15.9 Å². The number of H-pyrrole nitrogens is 1. The van der Waals surface area contributed by atoms with Gasteiger partial charge in [-0.3, -0.25) is 4.79 Å². The molecule has 3 N–H and O–H groups in total. The van der Waals surface area contributed by atoms with E-state index in [1.807, 2.05) is 60.8 Å². The summed E-state index contributed by atoms with van der Waals surface area (Å²) in [6, 6.07) is 19.5. The molecule has 2 aromatic heterocycles. The highest BCUT2D eigenvalue weighted by Gasteiger charge is 2.18. The molecule has 24 heavy (non-hydrogen) atoms. The van der Waals surface area contributed by atoms with Gasteiger partial charge in [-0.05, 0) is 34.9 Å². The quantitative estimate of drug-likeness (QED) is 0.600. The lowest BCUT2D eigenvalue weighted by atomic mass is 9.89. The first-order valence-corrected chi connectivity index (χ1v) is 7.66. The molecule has 1 amide bonds. The second kappa shape index (κ2) is 5.66. The maximum atomic E-state index is 12.1. The number of hydrogen-bond acceptors (Lipinski definition) is 2. The van der Waals surface area contributed by atoms with Crippen molar-refractivity contribution in [3.8, 4) is 22.3 Å². The Balaban J connectivity index is 2.10. The van der Waals surface area contributed by atoms with Crippen LogP contribution in [0.15, 0.2) is 73.1 Å². The molecular weight excluding hydrogens is 298 g/mol. The van der Waals surface area contributed by atoms with Crippen LogP contribution in [0, 0.1) is 0 Å². The molecule has 2 heterocycles. The molecule has 0 aliphatic carbocycles. The van der Waals surface area contributed by atoms with E-state index in [0.29, 0.717) is 5.56 Å². The summed E-state index contributed by atoms with van der Waals surface area (Å²) in [7, 11) is 0. The van der Waals surface area contributed by atoms with Gasteiger partial charge >= 0.3 is 0 Å². The number of rotatable bonds is 3. The van der Waals surface area contributed by atoms with E-state index < -0.39 is 5.91 Å². The Morgan fingerprint density at radius 3 is 2.54 bits per heavy atom. The van der Waals surface area contributed by atoms with Gasteiger partial charge in [-0.25, -0.2) is 4.98 Å². The second-order valence-corrected chi connectivity index (χ2v) is 5.56. The van der Waals surface area contributed by atoms with Gasteiger partial charge in [-0.15, -0.1) is 0 Å². The normalized spacial score (nSPS) is 10.8. The van der Waals surface area contributed by atoms with Crippen molar-refractivity contribution in [1.29, 1.82) is 0 Å². The lowest BCUT2D eigenvalue weighted by molar-refractivity contribution is 0.100. The van der Waals surface area contributed by atoms with Gasteiger partial charge in [0.25, 0.3) is 0 Å². The van der Waals surface area contributed by atoms with E-state index in [2.05, 4.69) is 9.97 Å². The van der Waals surface area contributed by atoms with Crippen molar-refractivity contribution in [2.45, 2.75) is 0 Å². The summed E-state index contributed by atoms with van der Waals surface area (Å²) >= 11 is 0. The van der Waals surface area contributed by atoms with Gasteiger partial charge in [0.2, 0.25) is 5.91 Å². The second-order valence-electron chi connectivity index (χ2n) is 5.56. The molecule has 0 saturated carbocycles. The molecule has 0 unspecified atom stereocenters. The minimum atomic E-state index is -0.441. The van der Waals surface area contributed by atoms with Gasteiger partial charge in [0.15, 0.2) is 0 Å². The van der Waals surface area contributed by atoms with Crippen molar-refractivity contribution in [3.05, 3.63) is 78.6 Å². The first-order valence-electron chi connectivity index (χ1n) is 7.66. The Morgan fingerprint density at radius 1 is 0.917 bits per heavy atom. The summed E-state index contributed by atoms with van der Waals surface area (Å²) in [5.41, 5.74) is 10.7. The number of primary amides is 1. The minimum Gasteiger partial charge on any atom is -0.366 e. The Morgan fingerprint density at radius 2 is 1.75 bits per heavy atom. The molecule has 4 nitrogen and oxygen atoms in total. The fourth-order valence-corrected chi connectivity index (χ4v) is 3.08. The average Bonchev–Trinajstić information content (AvgIpc) is 3.10. The van der Waals surface area contributed by atoms with E-state index in [9.17, 15) is 4.79 Å². The SMILES string of the molecule is NC(=O)c1cccc(-c2ccccc2)c1-c1ccnc2[nH]ccc12. The zero-order chi connectivity index (χ0) is 16.5. The van der Waals surface area contributed by atoms with Crippen LogP contribution in [0.25, 0.3) is 33.3 Å². The third-order valence-electron chi connectivity index (χ3n) is 4.14.